The molecule has 0 aliphatic heterocycles. The molecule has 132 valence electrons. The first-order chi connectivity index (χ1) is 12.5. The van der Waals surface area contributed by atoms with Gasteiger partial charge in [-0.25, -0.2) is 4.79 Å². The van der Waals surface area contributed by atoms with Crippen LogP contribution in [0.5, 0.6) is 0 Å². The van der Waals surface area contributed by atoms with Crippen molar-refractivity contribution in [1.29, 1.82) is 10.5 Å². The van der Waals surface area contributed by atoms with Crippen LogP contribution < -0.4 is 20.1 Å². The minimum absolute atomic E-state index is 0.0904. The number of nitriles is 2. The molecule has 1 heterocycles. The number of anilines is 1. The molecule has 0 saturated heterocycles. The van der Waals surface area contributed by atoms with Gasteiger partial charge in [0.05, 0.1) is 12.2 Å². The summed E-state index contributed by atoms with van der Waals surface area (Å²) in [5.74, 6) is -0.396. The summed E-state index contributed by atoms with van der Waals surface area (Å²) in [7, 11) is 0. The minimum atomic E-state index is -0.396. The summed E-state index contributed by atoms with van der Waals surface area (Å²) in [5.41, 5.74) is 0.755. The molecule has 26 heavy (non-hydrogen) atoms. The molecule has 0 saturated carbocycles. The van der Waals surface area contributed by atoms with Crippen LogP contribution in [0, 0.1) is 22.7 Å². The van der Waals surface area contributed by atoms with E-state index in [0.717, 1.165) is 11.3 Å². The van der Waals surface area contributed by atoms with Gasteiger partial charge in [0.1, 0.15) is 21.3 Å². The molecule has 0 amide bonds. The Kier molecular flexibility index (Phi) is 6.31. The van der Waals surface area contributed by atoms with Crippen LogP contribution >= 0.6 is 11.3 Å². The van der Waals surface area contributed by atoms with Crippen molar-refractivity contribution in [2.75, 3.05) is 11.9 Å². The molecular formula is C18H16N4O3S. The van der Waals surface area contributed by atoms with E-state index in [9.17, 15) is 9.59 Å². The van der Waals surface area contributed by atoms with E-state index in [0.29, 0.717) is 33.6 Å². The van der Waals surface area contributed by atoms with E-state index >= 15 is 0 Å². The normalized spacial score (nSPS) is 10.7. The van der Waals surface area contributed by atoms with Crippen LogP contribution in [0.25, 0.3) is 11.8 Å². The van der Waals surface area contributed by atoms with Gasteiger partial charge in [-0.2, -0.15) is 10.5 Å². The van der Waals surface area contributed by atoms with Gasteiger partial charge in [0.25, 0.3) is 5.56 Å². The molecule has 0 radical (unpaired) electrons. The third-order valence-corrected chi connectivity index (χ3v) is 4.56. The van der Waals surface area contributed by atoms with Crippen molar-refractivity contribution in [2.45, 2.75) is 20.4 Å². The molecular weight excluding hydrogens is 352 g/mol. The molecule has 0 aliphatic rings. The molecule has 0 fully saturated rings. The van der Waals surface area contributed by atoms with Gasteiger partial charge in [-0.05, 0) is 38.1 Å². The Morgan fingerprint density at radius 3 is 2.46 bits per heavy atom. The third-order valence-electron chi connectivity index (χ3n) is 3.43. The number of hydrogen-bond donors (Lipinski definition) is 1. The van der Waals surface area contributed by atoms with Gasteiger partial charge in [-0.3, -0.25) is 9.36 Å². The highest BCUT2D eigenvalue weighted by Crippen LogP contribution is 2.10. The van der Waals surface area contributed by atoms with Gasteiger partial charge < -0.3 is 10.1 Å². The van der Waals surface area contributed by atoms with Crippen molar-refractivity contribution >= 4 is 34.8 Å². The van der Waals surface area contributed by atoms with Gasteiger partial charge in [-0.15, -0.1) is 11.3 Å². The van der Waals surface area contributed by atoms with Crippen molar-refractivity contribution < 1.29 is 9.53 Å². The number of ether oxygens (including phenoxy) is 1. The highest BCUT2D eigenvalue weighted by atomic mass is 32.1. The number of thiazole rings is 1. The predicted molar refractivity (Wildman–Crippen MR) is 98.6 cm³/mol. The van der Waals surface area contributed by atoms with Crippen LogP contribution in [0.4, 0.5) is 5.69 Å². The van der Waals surface area contributed by atoms with Crippen LogP contribution in [0.2, 0.25) is 0 Å². The number of carbonyl (C=O) groups excluding carboxylic acids is 1. The Balaban J connectivity index is 2.37. The second kappa shape index (κ2) is 8.65. The number of nitrogens with zero attached hydrogens (tertiary/aromatic N) is 3. The molecule has 1 aromatic carbocycles. The molecule has 2 rings (SSSR count). The molecule has 2 aromatic rings. The maximum Gasteiger partial charge on any atom is 0.338 e. The Morgan fingerprint density at radius 2 is 1.92 bits per heavy atom. The van der Waals surface area contributed by atoms with E-state index in [1.54, 1.807) is 38.1 Å². The molecule has 1 aromatic heterocycles. The van der Waals surface area contributed by atoms with E-state index in [-0.39, 0.29) is 11.1 Å². The Hall–Kier alpha value is -3.36. The fraction of sp³-hybridized carbons (Fsp3) is 0.222. The Morgan fingerprint density at radius 1 is 1.27 bits per heavy atom. The highest BCUT2D eigenvalue weighted by Gasteiger charge is 2.08. The molecule has 0 unspecified atom stereocenters. The smallest absolute Gasteiger partial charge is 0.338 e. The molecule has 1 N–H and O–H groups in total. The molecule has 0 atom stereocenters. The van der Waals surface area contributed by atoms with Crippen LogP contribution in [0.1, 0.15) is 24.2 Å². The summed E-state index contributed by atoms with van der Waals surface area (Å²) in [5, 5.41) is 21.1. The second-order valence-corrected chi connectivity index (χ2v) is 6.04. The maximum atomic E-state index is 12.4. The largest absolute Gasteiger partial charge is 0.462 e. The van der Waals surface area contributed by atoms with E-state index in [1.807, 2.05) is 12.1 Å². The number of esters is 1. The van der Waals surface area contributed by atoms with Crippen molar-refractivity contribution in [3.05, 3.63) is 49.4 Å². The molecule has 8 heteroatoms. The van der Waals surface area contributed by atoms with Crippen LogP contribution in [-0.2, 0) is 11.3 Å². The van der Waals surface area contributed by atoms with Crippen molar-refractivity contribution in [2.24, 2.45) is 0 Å². The summed E-state index contributed by atoms with van der Waals surface area (Å²) in [6, 6.07) is 10.3. The summed E-state index contributed by atoms with van der Waals surface area (Å²) in [6.45, 7) is 4.18. The zero-order valence-corrected chi connectivity index (χ0v) is 15.1. The number of nitrogens with one attached hydrogen (secondary N) is 1. The first-order valence-electron chi connectivity index (χ1n) is 7.83. The lowest BCUT2D eigenvalue weighted by atomic mass is 10.2. The van der Waals surface area contributed by atoms with Gasteiger partial charge in [-0.1, -0.05) is 0 Å². The molecule has 0 aliphatic carbocycles. The van der Waals surface area contributed by atoms with Crippen molar-refractivity contribution in [3.63, 3.8) is 0 Å². The summed E-state index contributed by atoms with van der Waals surface area (Å²) in [6.07, 6.45) is 1.52. The zero-order valence-electron chi connectivity index (χ0n) is 14.3. The Bertz CT molecular complexity index is 1050. The fourth-order valence-electron chi connectivity index (χ4n) is 2.18. The first-order valence-corrected chi connectivity index (χ1v) is 8.65. The van der Waals surface area contributed by atoms with Crippen molar-refractivity contribution in [3.8, 4) is 12.1 Å². The highest BCUT2D eigenvalue weighted by molar-refractivity contribution is 7.07. The van der Waals surface area contributed by atoms with Gasteiger partial charge >= 0.3 is 5.97 Å². The van der Waals surface area contributed by atoms with Crippen LogP contribution in [0.15, 0.2) is 29.1 Å². The van der Waals surface area contributed by atoms with E-state index in [1.165, 1.54) is 10.8 Å². The van der Waals surface area contributed by atoms with Crippen LogP contribution in [0.3, 0.4) is 0 Å². The van der Waals surface area contributed by atoms with Gasteiger partial charge in [0.15, 0.2) is 5.57 Å². The molecule has 7 nitrogen and oxygen atoms in total. The number of carbonyl (C=O) groups is 1. The summed E-state index contributed by atoms with van der Waals surface area (Å²) < 4.78 is 7.03. The van der Waals surface area contributed by atoms with Gasteiger partial charge in [0, 0.05) is 18.4 Å². The average Bonchev–Trinajstić information content (AvgIpc) is 2.97. The molecule has 0 bridgehead atoms. The first kappa shape index (κ1) is 19.0. The number of benzene rings is 1. The predicted octanol–water partition coefficient (Wildman–Crippen LogP) is 1.15. The SMILES string of the molecule is CCOC(=O)c1ccc(N/C=c2/sc(=C(C#N)C#N)n(CC)c2=O)cc1. The van der Waals surface area contributed by atoms with E-state index in [2.05, 4.69) is 5.32 Å². The second-order valence-electron chi connectivity index (χ2n) is 5.01. The minimum Gasteiger partial charge on any atom is -0.462 e. The topological polar surface area (TPSA) is 108 Å². The van der Waals surface area contributed by atoms with E-state index < -0.39 is 5.97 Å². The average molecular weight is 368 g/mol. The maximum absolute atomic E-state index is 12.4. The lowest BCUT2D eigenvalue weighted by molar-refractivity contribution is 0.0526. The summed E-state index contributed by atoms with van der Waals surface area (Å²) in [4.78, 5) is 24.0. The van der Waals surface area contributed by atoms with Crippen molar-refractivity contribution in [1.82, 2.24) is 4.57 Å². The standard InChI is InChI=1S/C18H16N4O3S/c1-3-22-16(23)15(26-17(22)13(9-19)10-20)11-21-14-7-5-12(6-8-14)18(24)25-4-2/h5-8,11,21H,3-4H2,1-2H3/b15-11+. The monoisotopic (exact) mass is 368 g/mol. The number of aromatic nitrogens is 1. The lowest BCUT2D eigenvalue weighted by Crippen LogP contribution is -2.31. The lowest BCUT2D eigenvalue weighted by Gasteiger charge is -2.03. The van der Waals surface area contributed by atoms with Crippen LogP contribution in [-0.4, -0.2) is 17.1 Å². The quantitative estimate of drug-likeness (QED) is 0.793. The zero-order chi connectivity index (χ0) is 19.1. The Labute approximate surface area is 153 Å². The third kappa shape index (κ3) is 4.00. The summed E-state index contributed by atoms with van der Waals surface area (Å²) >= 11 is 1.08. The molecule has 0 spiro atoms. The fourth-order valence-corrected chi connectivity index (χ4v) is 3.22. The number of hydrogen-bond acceptors (Lipinski definition) is 7. The van der Waals surface area contributed by atoms with Gasteiger partial charge in [0.2, 0.25) is 0 Å². The van der Waals surface area contributed by atoms with E-state index in [4.69, 9.17) is 15.3 Å². The number of rotatable bonds is 5.